The van der Waals surface area contributed by atoms with Crippen LogP contribution in [-0.4, -0.2) is 21.5 Å². The van der Waals surface area contributed by atoms with Gasteiger partial charge >= 0.3 is 5.69 Å². The molecule has 1 aromatic heterocycles. The standard InChI is InChI=1S/C13H11FN4O3/c14-10-3-1-2-9-11(4-5-21-12(9)10)17-13-15-6-8(7-16-13)18(19)20/h1-3,6-7,11H,4-5H2,(H,15,16,17)/t11-/m0/s1. The van der Waals surface area contributed by atoms with E-state index in [2.05, 4.69) is 15.3 Å². The molecule has 0 unspecified atom stereocenters. The van der Waals surface area contributed by atoms with Crippen LogP contribution in [0.5, 0.6) is 5.75 Å². The minimum Gasteiger partial charge on any atom is -0.490 e. The van der Waals surface area contributed by atoms with Crippen LogP contribution >= 0.6 is 0 Å². The maximum absolute atomic E-state index is 13.7. The zero-order chi connectivity index (χ0) is 14.8. The molecule has 0 bridgehead atoms. The van der Waals surface area contributed by atoms with Gasteiger partial charge in [0, 0.05) is 12.0 Å². The Balaban J connectivity index is 1.83. The topological polar surface area (TPSA) is 90.2 Å². The van der Waals surface area contributed by atoms with Crippen molar-refractivity contribution in [3.63, 3.8) is 0 Å². The van der Waals surface area contributed by atoms with Crippen molar-refractivity contribution < 1.29 is 14.1 Å². The summed E-state index contributed by atoms with van der Waals surface area (Å²) in [5, 5.41) is 13.6. The van der Waals surface area contributed by atoms with Crippen molar-refractivity contribution in [3.05, 3.63) is 52.1 Å². The van der Waals surface area contributed by atoms with Gasteiger partial charge in [0.1, 0.15) is 12.4 Å². The Morgan fingerprint density at radius 3 is 2.86 bits per heavy atom. The molecule has 1 N–H and O–H groups in total. The molecular formula is C13H11FN4O3. The largest absolute Gasteiger partial charge is 0.490 e. The normalized spacial score (nSPS) is 16.7. The SMILES string of the molecule is O=[N+]([O-])c1cnc(N[C@H]2CCOc3c(F)cccc32)nc1. The van der Waals surface area contributed by atoms with Crippen LogP contribution in [0.15, 0.2) is 30.6 Å². The Morgan fingerprint density at radius 2 is 2.14 bits per heavy atom. The predicted octanol–water partition coefficient (Wildman–Crippen LogP) is 2.46. The molecular weight excluding hydrogens is 279 g/mol. The molecule has 1 atom stereocenters. The van der Waals surface area contributed by atoms with Crippen LogP contribution in [0.3, 0.4) is 0 Å². The summed E-state index contributed by atoms with van der Waals surface area (Å²) in [5.41, 5.74) is 0.502. The van der Waals surface area contributed by atoms with Crippen molar-refractivity contribution >= 4 is 11.6 Å². The summed E-state index contributed by atoms with van der Waals surface area (Å²) >= 11 is 0. The first-order valence-corrected chi connectivity index (χ1v) is 6.29. The third-order valence-electron chi connectivity index (χ3n) is 3.18. The van der Waals surface area contributed by atoms with Gasteiger partial charge in [-0.1, -0.05) is 12.1 Å². The molecule has 7 nitrogen and oxygen atoms in total. The lowest BCUT2D eigenvalue weighted by Gasteiger charge is -2.26. The number of aromatic nitrogens is 2. The van der Waals surface area contributed by atoms with Crippen molar-refractivity contribution in [1.29, 1.82) is 0 Å². The van der Waals surface area contributed by atoms with E-state index in [1.165, 1.54) is 6.07 Å². The Labute approximate surface area is 118 Å². The maximum atomic E-state index is 13.7. The van der Waals surface area contributed by atoms with Gasteiger partial charge < -0.3 is 10.1 Å². The van der Waals surface area contributed by atoms with Crippen molar-refractivity contribution in [1.82, 2.24) is 9.97 Å². The summed E-state index contributed by atoms with van der Waals surface area (Å²) in [7, 11) is 0. The summed E-state index contributed by atoms with van der Waals surface area (Å²) in [6, 6.07) is 4.50. The first kappa shape index (κ1) is 13.2. The smallest absolute Gasteiger partial charge is 0.305 e. The van der Waals surface area contributed by atoms with Gasteiger partial charge in [0.2, 0.25) is 5.95 Å². The number of anilines is 1. The van der Waals surface area contributed by atoms with E-state index in [0.717, 1.165) is 12.4 Å². The molecule has 1 aliphatic rings. The zero-order valence-corrected chi connectivity index (χ0v) is 10.8. The van der Waals surface area contributed by atoms with Gasteiger partial charge in [-0.05, 0) is 6.07 Å². The number of benzene rings is 1. The molecule has 0 fully saturated rings. The Kier molecular flexibility index (Phi) is 3.35. The molecule has 108 valence electrons. The highest BCUT2D eigenvalue weighted by atomic mass is 19.1. The lowest BCUT2D eigenvalue weighted by atomic mass is 10.0. The molecule has 2 aromatic rings. The van der Waals surface area contributed by atoms with Crippen LogP contribution in [0.1, 0.15) is 18.0 Å². The van der Waals surface area contributed by atoms with E-state index in [-0.39, 0.29) is 23.4 Å². The second kappa shape index (κ2) is 5.31. The van der Waals surface area contributed by atoms with Gasteiger partial charge in [-0.25, -0.2) is 14.4 Å². The number of nitrogens with zero attached hydrogens (tertiary/aromatic N) is 3. The second-order valence-corrected chi connectivity index (χ2v) is 4.51. The number of hydrogen-bond acceptors (Lipinski definition) is 6. The van der Waals surface area contributed by atoms with Crippen LogP contribution in [0, 0.1) is 15.9 Å². The van der Waals surface area contributed by atoms with Crippen molar-refractivity contribution in [3.8, 4) is 5.75 Å². The molecule has 1 aliphatic heterocycles. The van der Waals surface area contributed by atoms with E-state index in [1.807, 2.05) is 0 Å². The average Bonchev–Trinajstić information content (AvgIpc) is 2.49. The fourth-order valence-corrected chi connectivity index (χ4v) is 2.18. The summed E-state index contributed by atoms with van der Waals surface area (Å²) in [6.07, 6.45) is 2.87. The monoisotopic (exact) mass is 290 g/mol. The third kappa shape index (κ3) is 2.60. The summed E-state index contributed by atoms with van der Waals surface area (Å²) in [5.74, 6) is 0.0643. The number of hydrogen-bond donors (Lipinski definition) is 1. The fourth-order valence-electron chi connectivity index (χ4n) is 2.18. The first-order chi connectivity index (χ1) is 10.1. The second-order valence-electron chi connectivity index (χ2n) is 4.51. The van der Waals surface area contributed by atoms with Crippen LogP contribution in [0.4, 0.5) is 16.0 Å². The zero-order valence-electron chi connectivity index (χ0n) is 10.8. The van der Waals surface area contributed by atoms with Gasteiger partial charge in [0.15, 0.2) is 11.6 Å². The molecule has 0 saturated heterocycles. The van der Waals surface area contributed by atoms with Gasteiger partial charge in [-0.3, -0.25) is 10.1 Å². The number of nitrogens with one attached hydrogen (secondary N) is 1. The molecule has 1 aromatic carbocycles. The predicted molar refractivity (Wildman–Crippen MR) is 71.6 cm³/mol. The molecule has 0 amide bonds. The molecule has 0 spiro atoms. The molecule has 3 rings (SSSR count). The number of halogens is 1. The molecule has 0 saturated carbocycles. The lowest BCUT2D eigenvalue weighted by Crippen LogP contribution is -2.22. The Morgan fingerprint density at radius 1 is 1.38 bits per heavy atom. The van der Waals surface area contributed by atoms with Gasteiger partial charge in [0.25, 0.3) is 0 Å². The Bertz CT molecular complexity index is 678. The minimum absolute atomic E-state index is 0.182. The van der Waals surface area contributed by atoms with Crippen molar-refractivity contribution in [2.75, 3.05) is 11.9 Å². The van der Waals surface area contributed by atoms with E-state index in [9.17, 15) is 14.5 Å². The summed E-state index contributed by atoms with van der Waals surface area (Å²) in [6.45, 7) is 0.374. The summed E-state index contributed by atoms with van der Waals surface area (Å²) < 4.78 is 19.0. The molecule has 8 heteroatoms. The van der Waals surface area contributed by atoms with Gasteiger partial charge in [-0.2, -0.15) is 0 Å². The van der Waals surface area contributed by atoms with Crippen LogP contribution < -0.4 is 10.1 Å². The molecule has 21 heavy (non-hydrogen) atoms. The highest BCUT2D eigenvalue weighted by Gasteiger charge is 2.24. The van der Waals surface area contributed by atoms with Crippen LogP contribution in [0.2, 0.25) is 0 Å². The number of rotatable bonds is 3. The molecule has 0 radical (unpaired) electrons. The lowest BCUT2D eigenvalue weighted by molar-refractivity contribution is -0.385. The number of para-hydroxylation sites is 1. The van der Waals surface area contributed by atoms with Gasteiger partial charge in [-0.15, -0.1) is 0 Å². The van der Waals surface area contributed by atoms with E-state index in [1.54, 1.807) is 12.1 Å². The van der Waals surface area contributed by atoms with Gasteiger partial charge in [0.05, 0.1) is 17.6 Å². The fraction of sp³-hybridized carbons (Fsp3) is 0.231. The quantitative estimate of drug-likeness (QED) is 0.689. The van der Waals surface area contributed by atoms with E-state index < -0.39 is 10.7 Å². The average molecular weight is 290 g/mol. The Hall–Kier alpha value is -2.77. The summed E-state index contributed by atoms with van der Waals surface area (Å²) in [4.78, 5) is 17.8. The van der Waals surface area contributed by atoms with Crippen molar-refractivity contribution in [2.24, 2.45) is 0 Å². The highest BCUT2D eigenvalue weighted by Crippen LogP contribution is 2.35. The molecule has 0 aliphatic carbocycles. The maximum Gasteiger partial charge on any atom is 0.305 e. The highest BCUT2D eigenvalue weighted by molar-refractivity contribution is 5.43. The third-order valence-corrected chi connectivity index (χ3v) is 3.18. The minimum atomic E-state index is -0.567. The first-order valence-electron chi connectivity index (χ1n) is 6.29. The van der Waals surface area contributed by atoms with E-state index in [4.69, 9.17) is 4.74 Å². The number of nitro groups is 1. The van der Waals surface area contributed by atoms with Crippen molar-refractivity contribution in [2.45, 2.75) is 12.5 Å². The van der Waals surface area contributed by atoms with Crippen LogP contribution in [0.25, 0.3) is 0 Å². The van der Waals surface area contributed by atoms with E-state index in [0.29, 0.717) is 18.6 Å². The molecule has 2 heterocycles. The number of fused-ring (bicyclic) bond motifs is 1. The number of ether oxygens (including phenoxy) is 1. The van der Waals surface area contributed by atoms with Crippen LogP contribution in [-0.2, 0) is 0 Å². The van der Waals surface area contributed by atoms with E-state index >= 15 is 0 Å².